The van der Waals surface area contributed by atoms with Crippen molar-refractivity contribution in [3.8, 4) is 0 Å². The molecule has 0 radical (unpaired) electrons. The molecule has 0 amide bonds. The number of thiophene rings is 1. The minimum absolute atomic E-state index is 0.809. The van der Waals surface area contributed by atoms with E-state index in [1.807, 2.05) is 13.1 Å². The Bertz CT molecular complexity index is 590. The van der Waals surface area contributed by atoms with E-state index in [4.69, 9.17) is 0 Å². The number of aliphatic imine (C=N–C) groups is 1. The van der Waals surface area contributed by atoms with Gasteiger partial charge in [0.15, 0.2) is 5.96 Å². The molecular formula is C15H20N6S. The third-order valence-corrected chi connectivity index (χ3v) is 4.39. The number of nitrogens with one attached hydrogen (secondary N) is 1. The molecule has 0 atom stereocenters. The summed E-state index contributed by atoms with van der Waals surface area (Å²) in [6.07, 6.45) is 3.58. The third-order valence-electron chi connectivity index (χ3n) is 3.66. The summed E-state index contributed by atoms with van der Waals surface area (Å²) in [6, 6.07) is 3.98. The zero-order valence-corrected chi connectivity index (χ0v) is 13.5. The normalized spacial score (nSPS) is 16.0. The van der Waals surface area contributed by atoms with Gasteiger partial charge in [0.2, 0.25) is 5.95 Å². The largest absolute Gasteiger partial charge is 0.352 e. The molecule has 0 unspecified atom stereocenters. The SMILES string of the molecule is CN=C(NCc1ccsc1)N1CCN(c2ncccn2)CC1. The van der Waals surface area contributed by atoms with Crippen molar-refractivity contribution >= 4 is 23.2 Å². The highest BCUT2D eigenvalue weighted by molar-refractivity contribution is 7.07. The van der Waals surface area contributed by atoms with Crippen molar-refractivity contribution in [1.29, 1.82) is 0 Å². The number of anilines is 1. The topological polar surface area (TPSA) is 56.7 Å². The number of aromatic nitrogens is 2. The molecule has 0 aromatic carbocycles. The highest BCUT2D eigenvalue weighted by Gasteiger charge is 2.20. The standard InChI is InChI=1S/C15H20N6S/c1-16-14(19-11-13-3-10-22-12-13)20-6-8-21(9-7-20)15-17-4-2-5-18-15/h2-5,10,12H,6-9,11H2,1H3,(H,16,19). The Morgan fingerprint density at radius 3 is 2.68 bits per heavy atom. The van der Waals surface area contributed by atoms with Gasteiger partial charge < -0.3 is 15.1 Å². The lowest BCUT2D eigenvalue weighted by molar-refractivity contribution is 0.370. The summed E-state index contributed by atoms with van der Waals surface area (Å²) in [5, 5.41) is 7.68. The summed E-state index contributed by atoms with van der Waals surface area (Å²) in [7, 11) is 1.84. The predicted octanol–water partition coefficient (Wildman–Crippen LogP) is 1.44. The second kappa shape index (κ2) is 7.22. The van der Waals surface area contributed by atoms with Gasteiger partial charge in [0.1, 0.15) is 0 Å². The molecule has 0 bridgehead atoms. The Morgan fingerprint density at radius 1 is 1.27 bits per heavy atom. The Kier molecular flexibility index (Phi) is 4.85. The number of rotatable bonds is 3. The lowest BCUT2D eigenvalue weighted by Crippen LogP contribution is -2.52. The van der Waals surface area contributed by atoms with Gasteiger partial charge >= 0.3 is 0 Å². The first-order valence-corrected chi connectivity index (χ1v) is 8.30. The second-order valence-corrected chi connectivity index (χ2v) is 5.84. The van der Waals surface area contributed by atoms with Crippen molar-refractivity contribution < 1.29 is 0 Å². The van der Waals surface area contributed by atoms with Crippen LogP contribution in [-0.4, -0.2) is 54.1 Å². The molecular weight excluding hydrogens is 296 g/mol. The van der Waals surface area contributed by atoms with E-state index in [-0.39, 0.29) is 0 Å². The van der Waals surface area contributed by atoms with Gasteiger partial charge in [-0.05, 0) is 28.5 Å². The fourth-order valence-corrected chi connectivity index (χ4v) is 3.15. The first-order chi connectivity index (χ1) is 10.9. The van der Waals surface area contributed by atoms with Crippen molar-refractivity contribution in [2.24, 2.45) is 4.99 Å². The summed E-state index contributed by atoms with van der Waals surface area (Å²) in [5.74, 6) is 1.77. The first-order valence-electron chi connectivity index (χ1n) is 7.35. The number of hydrogen-bond donors (Lipinski definition) is 1. The summed E-state index contributed by atoms with van der Waals surface area (Å²) in [6.45, 7) is 4.47. The highest BCUT2D eigenvalue weighted by atomic mass is 32.1. The molecule has 3 heterocycles. The van der Waals surface area contributed by atoms with Crippen LogP contribution >= 0.6 is 11.3 Å². The van der Waals surface area contributed by atoms with Crippen LogP contribution in [0.25, 0.3) is 0 Å². The van der Waals surface area contributed by atoms with E-state index in [0.29, 0.717) is 0 Å². The van der Waals surface area contributed by atoms with Crippen molar-refractivity contribution in [3.05, 3.63) is 40.8 Å². The van der Waals surface area contributed by atoms with Gasteiger partial charge in [-0.2, -0.15) is 11.3 Å². The molecule has 2 aromatic rings. The van der Waals surface area contributed by atoms with Crippen LogP contribution in [0, 0.1) is 0 Å². The number of hydrogen-bond acceptors (Lipinski definition) is 5. The molecule has 22 heavy (non-hydrogen) atoms. The first kappa shape index (κ1) is 14.8. The molecule has 7 heteroatoms. The van der Waals surface area contributed by atoms with Crippen LogP contribution in [0.2, 0.25) is 0 Å². The van der Waals surface area contributed by atoms with Crippen LogP contribution < -0.4 is 10.2 Å². The van der Waals surface area contributed by atoms with Gasteiger partial charge in [-0.3, -0.25) is 4.99 Å². The van der Waals surface area contributed by atoms with E-state index in [1.165, 1.54) is 5.56 Å². The second-order valence-electron chi connectivity index (χ2n) is 5.06. The van der Waals surface area contributed by atoms with Crippen molar-refractivity contribution in [2.45, 2.75) is 6.54 Å². The van der Waals surface area contributed by atoms with Gasteiger partial charge in [0.05, 0.1) is 0 Å². The molecule has 0 saturated carbocycles. The van der Waals surface area contributed by atoms with Gasteiger partial charge in [0, 0.05) is 52.2 Å². The minimum atomic E-state index is 0.809. The number of piperazine rings is 1. The summed E-state index contributed by atoms with van der Waals surface area (Å²) in [5.41, 5.74) is 1.29. The van der Waals surface area contributed by atoms with Crippen molar-refractivity contribution in [1.82, 2.24) is 20.2 Å². The minimum Gasteiger partial charge on any atom is -0.352 e. The maximum Gasteiger partial charge on any atom is 0.225 e. The molecule has 2 aromatic heterocycles. The zero-order chi connectivity index (χ0) is 15.2. The molecule has 0 spiro atoms. The number of guanidine groups is 1. The van der Waals surface area contributed by atoms with Crippen LogP contribution in [0.1, 0.15) is 5.56 Å². The Labute approximate surface area is 134 Å². The van der Waals surface area contributed by atoms with Gasteiger partial charge in [-0.15, -0.1) is 0 Å². The van der Waals surface area contributed by atoms with Gasteiger partial charge in [-0.25, -0.2) is 9.97 Å². The maximum atomic E-state index is 4.39. The molecule has 1 N–H and O–H groups in total. The summed E-state index contributed by atoms with van der Waals surface area (Å²) < 4.78 is 0. The van der Waals surface area contributed by atoms with Gasteiger partial charge in [0.25, 0.3) is 0 Å². The van der Waals surface area contributed by atoms with Crippen LogP contribution in [0.15, 0.2) is 40.3 Å². The molecule has 6 nitrogen and oxygen atoms in total. The van der Waals surface area contributed by atoms with Crippen LogP contribution in [0.5, 0.6) is 0 Å². The summed E-state index contributed by atoms with van der Waals surface area (Å²) >= 11 is 1.72. The molecule has 3 rings (SSSR count). The lowest BCUT2D eigenvalue weighted by Gasteiger charge is -2.36. The lowest BCUT2D eigenvalue weighted by atomic mass is 10.3. The van der Waals surface area contributed by atoms with E-state index in [1.54, 1.807) is 23.7 Å². The fourth-order valence-electron chi connectivity index (χ4n) is 2.48. The van der Waals surface area contributed by atoms with E-state index in [0.717, 1.165) is 44.6 Å². The predicted molar refractivity (Wildman–Crippen MR) is 90.3 cm³/mol. The Morgan fingerprint density at radius 2 is 2.05 bits per heavy atom. The average Bonchev–Trinajstić information content (AvgIpc) is 3.10. The van der Waals surface area contributed by atoms with E-state index in [9.17, 15) is 0 Å². The van der Waals surface area contributed by atoms with E-state index < -0.39 is 0 Å². The van der Waals surface area contributed by atoms with Crippen molar-refractivity contribution in [3.63, 3.8) is 0 Å². The molecule has 116 valence electrons. The molecule has 1 saturated heterocycles. The van der Waals surface area contributed by atoms with E-state index >= 15 is 0 Å². The summed E-state index contributed by atoms with van der Waals surface area (Å²) in [4.78, 5) is 17.5. The van der Waals surface area contributed by atoms with Crippen molar-refractivity contribution in [2.75, 3.05) is 38.1 Å². The maximum absolute atomic E-state index is 4.39. The average molecular weight is 316 g/mol. The van der Waals surface area contributed by atoms with Gasteiger partial charge in [-0.1, -0.05) is 0 Å². The quantitative estimate of drug-likeness (QED) is 0.686. The van der Waals surface area contributed by atoms with Crippen LogP contribution in [0.3, 0.4) is 0 Å². The Hall–Kier alpha value is -2.15. The van der Waals surface area contributed by atoms with Crippen LogP contribution in [0.4, 0.5) is 5.95 Å². The number of nitrogens with zero attached hydrogens (tertiary/aromatic N) is 5. The zero-order valence-electron chi connectivity index (χ0n) is 12.6. The molecule has 1 aliphatic rings. The highest BCUT2D eigenvalue weighted by Crippen LogP contribution is 2.10. The molecule has 1 aliphatic heterocycles. The smallest absolute Gasteiger partial charge is 0.225 e. The molecule has 1 fully saturated rings. The third kappa shape index (κ3) is 3.54. The monoisotopic (exact) mass is 316 g/mol. The fraction of sp³-hybridized carbons (Fsp3) is 0.400. The Balaban J connectivity index is 1.53. The van der Waals surface area contributed by atoms with E-state index in [2.05, 4.69) is 46.9 Å². The van der Waals surface area contributed by atoms with Crippen LogP contribution in [-0.2, 0) is 6.54 Å². The molecule has 0 aliphatic carbocycles.